The molecule has 1 rings (SSSR count). The third-order valence-electron chi connectivity index (χ3n) is 2.63. The molecule has 0 atom stereocenters. The number of hydrogen-bond donors (Lipinski definition) is 1. The minimum atomic E-state index is -0.875. The van der Waals surface area contributed by atoms with Gasteiger partial charge in [-0.05, 0) is 25.3 Å². The molecule has 1 heterocycles. The summed E-state index contributed by atoms with van der Waals surface area (Å²) in [6, 6.07) is 3.61. The largest absolute Gasteiger partial charge is 0.481 e. The summed E-state index contributed by atoms with van der Waals surface area (Å²) >= 11 is 0. The van der Waals surface area contributed by atoms with Gasteiger partial charge in [0.2, 0.25) is 0 Å². The Hall–Kier alpha value is -1.58. The van der Waals surface area contributed by atoms with Crippen LogP contribution in [0.5, 0.6) is 0 Å². The zero-order valence-electron chi connectivity index (χ0n) is 10.6. The molecular formula is C13H19NO3. The molecule has 0 bridgehead atoms. The number of aromatic nitrogens is 1. The van der Waals surface area contributed by atoms with Crippen LogP contribution in [0.2, 0.25) is 0 Å². The summed E-state index contributed by atoms with van der Waals surface area (Å²) in [6.07, 6.45) is 0.298. The van der Waals surface area contributed by atoms with E-state index in [0.29, 0.717) is 24.4 Å². The summed E-state index contributed by atoms with van der Waals surface area (Å²) in [5, 5.41) is 8.63. The van der Waals surface area contributed by atoms with Gasteiger partial charge in [-0.15, -0.1) is 0 Å². The molecule has 1 N–H and O–H groups in total. The Morgan fingerprint density at radius 1 is 1.41 bits per heavy atom. The van der Waals surface area contributed by atoms with Crippen LogP contribution in [0.3, 0.4) is 0 Å². The molecule has 1 aromatic heterocycles. The third kappa shape index (κ3) is 3.73. The van der Waals surface area contributed by atoms with E-state index in [4.69, 9.17) is 5.11 Å². The summed E-state index contributed by atoms with van der Waals surface area (Å²) in [6.45, 7) is 6.67. The highest BCUT2D eigenvalue weighted by molar-refractivity contribution is 5.67. The minimum absolute atomic E-state index is 0.0000203. The van der Waals surface area contributed by atoms with Crippen molar-refractivity contribution in [1.29, 1.82) is 0 Å². The van der Waals surface area contributed by atoms with Gasteiger partial charge in [0.05, 0.1) is 0 Å². The molecule has 4 heteroatoms. The topological polar surface area (TPSA) is 59.3 Å². The predicted octanol–water partition coefficient (Wildman–Crippen LogP) is 1.83. The van der Waals surface area contributed by atoms with E-state index in [2.05, 4.69) is 13.8 Å². The van der Waals surface area contributed by atoms with Crippen molar-refractivity contribution in [2.24, 2.45) is 5.92 Å². The van der Waals surface area contributed by atoms with Crippen molar-refractivity contribution in [2.75, 3.05) is 0 Å². The summed E-state index contributed by atoms with van der Waals surface area (Å²) < 4.78 is 1.72. The molecule has 0 radical (unpaired) electrons. The zero-order valence-corrected chi connectivity index (χ0v) is 10.6. The van der Waals surface area contributed by atoms with Crippen LogP contribution < -0.4 is 5.56 Å². The molecule has 0 amide bonds. The lowest BCUT2D eigenvalue weighted by atomic mass is 10.1. The summed E-state index contributed by atoms with van der Waals surface area (Å²) in [7, 11) is 0. The summed E-state index contributed by atoms with van der Waals surface area (Å²) in [5.74, 6) is -0.485. The van der Waals surface area contributed by atoms with Crippen LogP contribution in [0.1, 0.15) is 31.5 Å². The number of aliphatic carboxylic acids is 1. The normalized spacial score (nSPS) is 10.8. The average Bonchev–Trinajstić information content (AvgIpc) is 2.22. The Kier molecular flexibility index (Phi) is 4.49. The van der Waals surface area contributed by atoms with Gasteiger partial charge in [0, 0.05) is 24.2 Å². The predicted molar refractivity (Wildman–Crippen MR) is 66.2 cm³/mol. The molecule has 0 fully saturated rings. The van der Waals surface area contributed by atoms with Crippen molar-refractivity contribution in [2.45, 2.75) is 40.2 Å². The smallest absolute Gasteiger partial charge is 0.303 e. The fraction of sp³-hybridized carbons (Fsp3) is 0.538. The molecule has 4 nitrogen and oxygen atoms in total. The van der Waals surface area contributed by atoms with Crippen molar-refractivity contribution < 1.29 is 9.90 Å². The summed E-state index contributed by atoms with van der Waals surface area (Å²) in [5.41, 5.74) is 1.45. The van der Waals surface area contributed by atoms with Crippen LogP contribution >= 0.6 is 0 Å². The van der Waals surface area contributed by atoms with Crippen LogP contribution in [0, 0.1) is 12.8 Å². The van der Waals surface area contributed by atoms with Crippen LogP contribution in [0.15, 0.2) is 16.9 Å². The van der Waals surface area contributed by atoms with Crippen molar-refractivity contribution in [1.82, 2.24) is 4.57 Å². The number of rotatable bonds is 5. The maximum absolute atomic E-state index is 12.1. The van der Waals surface area contributed by atoms with E-state index in [1.165, 1.54) is 0 Å². The van der Waals surface area contributed by atoms with Crippen molar-refractivity contribution >= 4 is 5.97 Å². The molecule has 1 aromatic rings. The van der Waals surface area contributed by atoms with E-state index in [-0.39, 0.29) is 12.0 Å². The van der Waals surface area contributed by atoms with Gasteiger partial charge in [-0.2, -0.15) is 0 Å². The Labute approximate surface area is 101 Å². The maximum atomic E-state index is 12.1. The molecule has 0 aliphatic heterocycles. The molecule has 17 heavy (non-hydrogen) atoms. The lowest BCUT2D eigenvalue weighted by Gasteiger charge is -2.13. The van der Waals surface area contributed by atoms with E-state index in [0.717, 1.165) is 5.69 Å². The second kappa shape index (κ2) is 5.66. The molecule has 0 saturated heterocycles. The number of carboxylic acid groups (broad SMARTS) is 1. The van der Waals surface area contributed by atoms with E-state index < -0.39 is 5.97 Å². The maximum Gasteiger partial charge on any atom is 0.303 e. The second-order valence-corrected chi connectivity index (χ2v) is 4.70. The molecule has 0 saturated carbocycles. The quantitative estimate of drug-likeness (QED) is 0.850. The highest BCUT2D eigenvalue weighted by Crippen LogP contribution is 2.04. The van der Waals surface area contributed by atoms with Gasteiger partial charge in [0.15, 0.2) is 0 Å². The Morgan fingerprint density at radius 3 is 2.59 bits per heavy atom. The SMILES string of the molecule is Cc1ccc(CCC(=O)O)c(=O)n1CC(C)C. The average molecular weight is 237 g/mol. The Bertz CT molecular complexity index is 460. The van der Waals surface area contributed by atoms with Crippen LogP contribution in [0.4, 0.5) is 0 Å². The first-order valence-electron chi connectivity index (χ1n) is 5.83. The van der Waals surface area contributed by atoms with Crippen molar-refractivity contribution in [3.63, 3.8) is 0 Å². The fourth-order valence-electron chi connectivity index (χ4n) is 1.74. The van der Waals surface area contributed by atoms with Crippen LogP contribution in [-0.4, -0.2) is 15.6 Å². The lowest BCUT2D eigenvalue weighted by Crippen LogP contribution is -2.27. The van der Waals surface area contributed by atoms with E-state index in [1.54, 1.807) is 10.6 Å². The van der Waals surface area contributed by atoms with Gasteiger partial charge in [-0.25, -0.2) is 0 Å². The van der Waals surface area contributed by atoms with Crippen LogP contribution in [-0.2, 0) is 17.8 Å². The summed E-state index contributed by atoms with van der Waals surface area (Å²) in [4.78, 5) is 22.6. The molecule has 0 aliphatic carbocycles. The van der Waals surface area contributed by atoms with Crippen molar-refractivity contribution in [3.8, 4) is 0 Å². The Morgan fingerprint density at radius 2 is 2.06 bits per heavy atom. The minimum Gasteiger partial charge on any atom is -0.481 e. The Balaban J connectivity index is 3.01. The molecule has 0 aliphatic rings. The van der Waals surface area contributed by atoms with E-state index >= 15 is 0 Å². The molecule has 0 spiro atoms. The highest BCUT2D eigenvalue weighted by Gasteiger charge is 2.09. The van der Waals surface area contributed by atoms with E-state index in [9.17, 15) is 9.59 Å². The van der Waals surface area contributed by atoms with Crippen molar-refractivity contribution in [3.05, 3.63) is 33.7 Å². The van der Waals surface area contributed by atoms with Gasteiger partial charge in [-0.1, -0.05) is 19.9 Å². The fourth-order valence-corrected chi connectivity index (χ4v) is 1.74. The molecule has 0 aromatic carbocycles. The number of pyridine rings is 1. The van der Waals surface area contributed by atoms with Gasteiger partial charge >= 0.3 is 5.97 Å². The molecular weight excluding hydrogens is 218 g/mol. The van der Waals surface area contributed by atoms with Crippen LogP contribution in [0.25, 0.3) is 0 Å². The number of carbonyl (C=O) groups is 1. The number of carboxylic acids is 1. The standard InChI is InChI=1S/C13H19NO3/c1-9(2)8-14-10(3)4-5-11(13(14)17)6-7-12(15)16/h4-5,9H,6-8H2,1-3H3,(H,15,16). The lowest BCUT2D eigenvalue weighted by molar-refractivity contribution is -0.136. The molecule has 94 valence electrons. The first kappa shape index (κ1) is 13.5. The highest BCUT2D eigenvalue weighted by atomic mass is 16.4. The third-order valence-corrected chi connectivity index (χ3v) is 2.63. The first-order valence-corrected chi connectivity index (χ1v) is 5.83. The number of hydrogen-bond acceptors (Lipinski definition) is 2. The van der Waals surface area contributed by atoms with Gasteiger partial charge in [-0.3, -0.25) is 9.59 Å². The van der Waals surface area contributed by atoms with Gasteiger partial charge in [0.1, 0.15) is 0 Å². The van der Waals surface area contributed by atoms with Gasteiger partial charge in [0.25, 0.3) is 5.56 Å². The van der Waals surface area contributed by atoms with Gasteiger partial charge < -0.3 is 9.67 Å². The zero-order chi connectivity index (χ0) is 13.0. The first-order chi connectivity index (χ1) is 7.91. The second-order valence-electron chi connectivity index (χ2n) is 4.70. The monoisotopic (exact) mass is 237 g/mol. The van der Waals surface area contributed by atoms with E-state index in [1.807, 2.05) is 13.0 Å². The number of aryl methyl sites for hydroxylation is 2. The molecule has 0 unspecified atom stereocenters. The number of nitrogens with zero attached hydrogens (tertiary/aromatic N) is 1.